The Kier molecular flexibility index (Phi) is 6.03. The van der Waals surface area contributed by atoms with Crippen molar-refractivity contribution in [1.82, 2.24) is 24.1 Å². The molecule has 0 bridgehead atoms. The number of piperazine rings is 1. The summed E-state index contributed by atoms with van der Waals surface area (Å²) in [5.41, 5.74) is 4.21. The Morgan fingerprint density at radius 2 is 1.67 bits per heavy atom. The number of hydrogen-bond donors (Lipinski definition) is 0. The van der Waals surface area contributed by atoms with Crippen molar-refractivity contribution in [1.29, 1.82) is 0 Å². The quantitative estimate of drug-likeness (QED) is 0.441. The predicted molar refractivity (Wildman–Crippen MR) is 131 cm³/mol. The summed E-state index contributed by atoms with van der Waals surface area (Å²) in [5, 5.41) is 5.34. The summed E-state index contributed by atoms with van der Waals surface area (Å²) in [4.78, 5) is 17.9. The van der Waals surface area contributed by atoms with Gasteiger partial charge in [0.25, 0.3) is 5.91 Å². The van der Waals surface area contributed by atoms with E-state index < -0.39 is 0 Å². The smallest absolute Gasteiger partial charge is 0.272 e. The van der Waals surface area contributed by atoms with Crippen LogP contribution in [0.25, 0.3) is 17.1 Å². The molecular weight excluding hydrogens is 434 g/mol. The molecule has 0 radical (unpaired) electrons. The van der Waals surface area contributed by atoms with E-state index in [0.717, 1.165) is 31.0 Å². The summed E-state index contributed by atoms with van der Waals surface area (Å²) in [5.74, 6) is -0.0257. The zero-order valence-electron chi connectivity index (χ0n) is 18.6. The Bertz CT molecular complexity index is 1250. The maximum Gasteiger partial charge on any atom is 0.272 e. The monoisotopic (exact) mass is 459 g/mol. The Labute approximate surface area is 198 Å². The van der Waals surface area contributed by atoms with Crippen molar-refractivity contribution in [2.45, 2.75) is 6.54 Å². The third-order valence-electron chi connectivity index (χ3n) is 6.12. The minimum Gasteiger partial charge on any atom is -0.349 e. The lowest BCUT2D eigenvalue weighted by molar-refractivity contribution is 0.0619. The molecule has 1 fully saturated rings. The highest BCUT2D eigenvalue weighted by Gasteiger charge is 2.27. The standard InChI is InChI=1S/C26H26ClN5O/c1-29-13-7-12-24(29)22-18-25(32(28-22)23-11-6-5-10-21(23)27)26(33)31-16-14-30(15-17-31)19-20-8-3-2-4-9-20/h2-13,18H,14-17,19H2,1H3. The third kappa shape index (κ3) is 4.45. The fourth-order valence-electron chi connectivity index (χ4n) is 4.31. The number of amides is 1. The largest absolute Gasteiger partial charge is 0.349 e. The first-order valence-electron chi connectivity index (χ1n) is 11.1. The molecule has 1 aliphatic heterocycles. The van der Waals surface area contributed by atoms with Crippen molar-refractivity contribution >= 4 is 17.5 Å². The van der Waals surface area contributed by atoms with Crippen LogP contribution in [0.5, 0.6) is 0 Å². The van der Waals surface area contributed by atoms with Crippen LogP contribution >= 0.6 is 11.6 Å². The Balaban J connectivity index is 1.40. The fraction of sp³-hybridized carbons (Fsp3) is 0.231. The van der Waals surface area contributed by atoms with Crippen LogP contribution in [0.1, 0.15) is 16.1 Å². The van der Waals surface area contributed by atoms with Crippen molar-refractivity contribution in [3.63, 3.8) is 0 Å². The highest BCUT2D eigenvalue weighted by atomic mass is 35.5. The number of benzene rings is 2. The molecule has 1 saturated heterocycles. The molecule has 1 aliphatic rings. The zero-order chi connectivity index (χ0) is 22.8. The molecule has 1 amide bonds. The van der Waals surface area contributed by atoms with Gasteiger partial charge in [0.15, 0.2) is 0 Å². The van der Waals surface area contributed by atoms with E-state index in [4.69, 9.17) is 16.7 Å². The number of carbonyl (C=O) groups excluding carboxylic acids is 1. The lowest BCUT2D eigenvalue weighted by Gasteiger charge is -2.34. The first-order chi connectivity index (χ1) is 16.1. The first kappa shape index (κ1) is 21.5. The molecule has 0 atom stereocenters. The SMILES string of the molecule is Cn1cccc1-c1cc(C(=O)N2CCN(Cc3ccccc3)CC2)n(-c2ccccc2Cl)n1. The summed E-state index contributed by atoms with van der Waals surface area (Å²) >= 11 is 6.49. The Morgan fingerprint density at radius 3 is 2.36 bits per heavy atom. The lowest BCUT2D eigenvalue weighted by Crippen LogP contribution is -2.48. The van der Waals surface area contributed by atoms with E-state index >= 15 is 0 Å². The van der Waals surface area contributed by atoms with E-state index in [2.05, 4.69) is 29.2 Å². The van der Waals surface area contributed by atoms with E-state index in [0.29, 0.717) is 29.5 Å². The van der Waals surface area contributed by atoms with Gasteiger partial charge in [0.2, 0.25) is 0 Å². The molecule has 2 aromatic heterocycles. The van der Waals surface area contributed by atoms with Crippen LogP contribution in [0.3, 0.4) is 0 Å². The number of rotatable bonds is 5. The summed E-state index contributed by atoms with van der Waals surface area (Å²) in [6.45, 7) is 3.94. The number of para-hydroxylation sites is 1. The number of aromatic nitrogens is 3. The van der Waals surface area contributed by atoms with E-state index in [-0.39, 0.29) is 5.91 Å². The van der Waals surface area contributed by atoms with Gasteiger partial charge < -0.3 is 9.47 Å². The summed E-state index contributed by atoms with van der Waals surface area (Å²) in [6.07, 6.45) is 1.97. The number of halogens is 1. The molecule has 168 valence electrons. The molecular formula is C26H26ClN5O. The highest BCUT2D eigenvalue weighted by Crippen LogP contribution is 2.27. The molecule has 3 heterocycles. The van der Waals surface area contributed by atoms with Gasteiger partial charge in [0, 0.05) is 46.0 Å². The summed E-state index contributed by atoms with van der Waals surface area (Å²) < 4.78 is 3.68. The normalized spacial score (nSPS) is 14.5. The van der Waals surface area contributed by atoms with Gasteiger partial charge >= 0.3 is 0 Å². The van der Waals surface area contributed by atoms with Gasteiger partial charge in [0.1, 0.15) is 11.4 Å². The first-order valence-corrected chi connectivity index (χ1v) is 11.5. The average molecular weight is 460 g/mol. The molecule has 6 nitrogen and oxygen atoms in total. The molecule has 0 unspecified atom stereocenters. The molecule has 0 saturated carbocycles. The van der Waals surface area contributed by atoms with Crippen LogP contribution in [0.15, 0.2) is 79.0 Å². The molecule has 0 spiro atoms. The lowest BCUT2D eigenvalue weighted by atomic mass is 10.2. The minimum absolute atomic E-state index is 0.0257. The average Bonchev–Trinajstić information content (AvgIpc) is 3.46. The van der Waals surface area contributed by atoms with Gasteiger partial charge in [0.05, 0.1) is 16.4 Å². The Hall–Kier alpha value is -3.35. The molecule has 0 N–H and O–H groups in total. The van der Waals surface area contributed by atoms with E-state index in [9.17, 15) is 4.79 Å². The summed E-state index contributed by atoms with van der Waals surface area (Å²) in [7, 11) is 1.97. The molecule has 4 aromatic rings. The molecule has 33 heavy (non-hydrogen) atoms. The van der Waals surface area contributed by atoms with Gasteiger partial charge in [-0.1, -0.05) is 54.1 Å². The van der Waals surface area contributed by atoms with E-state index in [1.807, 2.05) is 71.2 Å². The van der Waals surface area contributed by atoms with E-state index in [1.165, 1.54) is 5.56 Å². The van der Waals surface area contributed by atoms with Crippen LogP contribution in [0.4, 0.5) is 0 Å². The van der Waals surface area contributed by atoms with Crippen LogP contribution in [-0.2, 0) is 13.6 Å². The number of carbonyl (C=O) groups is 1. The van der Waals surface area contributed by atoms with Gasteiger partial charge in [-0.3, -0.25) is 9.69 Å². The van der Waals surface area contributed by atoms with Crippen LogP contribution in [0.2, 0.25) is 5.02 Å². The van der Waals surface area contributed by atoms with Crippen LogP contribution in [0, 0.1) is 0 Å². The van der Waals surface area contributed by atoms with Gasteiger partial charge in [-0.2, -0.15) is 5.10 Å². The van der Waals surface area contributed by atoms with Crippen molar-refractivity contribution in [3.8, 4) is 17.1 Å². The van der Waals surface area contributed by atoms with Crippen molar-refractivity contribution in [3.05, 3.63) is 95.3 Å². The molecule has 7 heteroatoms. The highest BCUT2D eigenvalue weighted by molar-refractivity contribution is 6.32. The van der Waals surface area contributed by atoms with Crippen LogP contribution < -0.4 is 0 Å². The van der Waals surface area contributed by atoms with Gasteiger partial charge in [-0.15, -0.1) is 0 Å². The molecule has 0 aliphatic carbocycles. The van der Waals surface area contributed by atoms with Gasteiger partial charge in [-0.25, -0.2) is 4.68 Å². The van der Waals surface area contributed by atoms with Crippen molar-refractivity contribution in [2.24, 2.45) is 7.05 Å². The maximum absolute atomic E-state index is 13.6. The van der Waals surface area contributed by atoms with Crippen LogP contribution in [-0.4, -0.2) is 56.2 Å². The minimum atomic E-state index is -0.0257. The number of hydrogen-bond acceptors (Lipinski definition) is 3. The zero-order valence-corrected chi connectivity index (χ0v) is 19.3. The molecule has 2 aromatic carbocycles. The second-order valence-corrected chi connectivity index (χ2v) is 8.74. The third-order valence-corrected chi connectivity index (χ3v) is 6.44. The fourth-order valence-corrected chi connectivity index (χ4v) is 4.52. The Morgan fingerprint density at radius 1 is 0.939 bits per heavy atom. The maximum atomic E-state index is 13.6. The second-order valence-electron chi connectivity index (χ2n) is 8.34. The molecule has 5 rings (SSSR count). The van der Waals surface area contributed by atoms with E-state index in [1.54, 1.807) is 4.68 Å². The van der Waals surface area contributed by atoms with Gasteiger partial charge in [-0.05, 0) is 35.9 Å². The van der Waals surface area contributed by atoms with Crippen molar-refractivity contribution in [2.75, 3.05) is 26.2 Å². The number of aryl methyl sites for hydroxylation is 1. The second kappa shape index (κ2) is 9.25. The predicted octanol–water partition coefficient (Wildman–Crippen LogP) is 4.49. The number of nitrogens with zero attached hydrogens (tertiary/aromatic N) is 5. The topological polar surface area (TPSA) is 46.3 Å². The van der Waals surface area contributed by atoms with Crippen molar-refractivity contribution < 1.29 is 4.79 Å². The summed E-state index contributed by atoms with van der Waals surface area (Å²) in [6, 6.07) is 23.8.